The molecule has 0 aliphatic carbocycles. The van der Waals surface area contributed by atoms with E-state index in [1.807, 2.05) is 60.7 Å². The molecule has 0 aliphatic heterocycles. The summed E-state index contributed by atoms with van der Waals surface area (Å²) in [7, 11) is 1.72. The molecule has 5 nitrogen and oxygen atoms in total. The Kier molecular flexibility index (Phi) is 7.51. The average Bonchev–Trinajstić information content (AvgIpc) is 2.79. The summed E-state index contributed by atoms with van der Waals surface area (Å²) >= 11 is 0. The van der Waals surface area contributed by atoms with Gasteiger partial charge in [0.15, 0.2) is 0 Å². The number of carbonyl (C=O) groups is 2. The Hall–Kier alpha value is -3.51. The number of amides is 2. The highest BCUT2D eigenvalue weighted by Crippen LogP contribution is 2.22. The number of nitrogens with zero attached hydrogens (tertiary/aromatic N) is 1. The Balaban J connectivity index is 1.64. The smallest absolute Gasteiger partial charge is 0.238 e. The SMILES string of the molecule is C[C@H](C(=O)NC(c1ccccc1)c1ccccc1)N(C)CC(=O)Nc1ccc(F)cc1. The molecule has 31 heavy (non-hydrogen) atoms. The minimum absolute atomic E-state index is 0.0211. The first-order chi connectivity index (χ1) is 14.9. The van der Waals surface area contributed by atoms with E-state index >= 15 is 0 Å². The van der Waals surface area contributed by atoms with Gasteiger partial charge >= 0.3 is 0 Å². The molecule has 160 valence electrons. The highest BCUT2D eigenvalue weighted by molar-refractivity contribution is 5.92. The van der Waals surface area contributed by atoms with Gasteiger partial charge in [-0.15, -0.1) is 0 Å². The van der Waals surface area contributed by atoms with E-state index < -0.39 is 6.04 Å². The Morgan fingerprint density at radius 1 is 0.871 bits per heavy atom. The second kappa shape index (κ2) is 10.5. The van der Waals surface area contributed by atoms with Crippen LogP contribution in [0.3, 0.4) is 0 Å². The van der Waals surface area contributed by atoms with Crippen LogP contribution >= 0.6 is 0 Å². The van der Waals surface area contributed by atoms with Crippen LogP contribution in [0.4, 0.5) is 10.1 Å². The van der Waals surface area contributed by atoms with Gasteiger partial charge in [0.2, 0.25) is 11.8 Å². The minimum Gasteiger partial charge on any atom is -0.344 e. The fourth-order valence-electron chi connectivity index (χ4n) is 3.21. The van der Waals surface area contributed by atoms with Crippen LogP contribution in [-0.2, 0) is 9.59 Å². The van der Waals surface area contributed by atoms with Gasteiger partial charge in [-0.2, -0.15) is 0 Å². The number of nitrogens with one attached hydrogen (secondary N) is 2. The summed E-state index contributed by atoms with van der Waals surface area (Å²) in [4.78, 5) is 27.0. The van der Waals surface area contributed by atoms with Crippen LogP contribution in [0.25, 0.3) is 0 Å². The number of anilines is 1. The molecule has 0 heterocycles. The number of halogens is 1. The van der Waals surface area contributed by atoms with Crippen molar-refractivity contribution in [2.24, 2.45) is 0 Å². The minimum atomic E-state index is -0.533. The van der Waals surface area contributed by atoms with Crippen LogP contribution in [0.15, 0.2) is 84.9 Å². The van der Waals surface area contributed by atoms with Crippen molar-refractivity contribution in [1.82, 2.24) is 10.2 Å². The first kappa shape index (κ1) is 22.2. The van der Waals surface area contributed by atoms with Crippen molar-refractivity contribution in [3.63, 3.8) is 0 Å². The zero-order valence-corrected chi connectivity index (χ0v) is 17.6. The molecule has 2 amide bonds. The van der Waals surface area contributed by atoms with E-state index in [0.717, 1.165) is 11.1 Å². The molecule has 0 fully saturated rings. The molecule has 3 aromatic rings. The molecule has 3 rings (SSSR count). The van der Waals surface area contributed by atoms with Crippen LogP contribution in [-0.4, -0.2) is 36.3 Å². The highest BCUT2D eigenvalue weighted by atomic mass is 19.1. The largest absolute Gasteiger partial charge is 0.344 e. The van der Waals surface area contributed by atoms with Crippen LogP contribution in [0.1, 0.15) is 24.1 Å². The zero-order valence-electron chi connectivity index (χ0n) is 17.6. The first-order valence-electron chi connectivity index (χ1n) is 10.1. The summed E-state index contributed by atoms with van der Waals surface area (Å²) in [5, 5.41) is 5.81. The van der Waals surface area contributed by atoms with Crippen LogP contribution in [0.2, 0.25) is 0 Å². The Morgan fingerprint density at radius 2 is 1.39 bits per heavy atom. The first-order valence-corrected chi connectivity index (χ1v) is 10.1. The molecule has 0 saturated heterocycles. The number of carbonyl (C=O) groups excluding carboxylic acids is 2. The normalized spacial score (nSPS) is 11.9. The van der Waals surface area contributed by atoms with Crippen molar-refractivity contribution in [3.8, 4) is 0 Å². The summed E-state index contributed by atoms with van der Waals surface area (Å²) < 4.78 is 13.0. The average molecular weight is 420 g/mol. The van der Waals surface area contributed by atoms with Crippen LogP contribution in [0.5, 0.6) is 0 Å². The molecule has 0 aromatic heterocycles. The molecule has 0 spiro atoms. The van der Waals surface area contributed by atoms with E-state index in [-0.39, 0.29) is 30.2 Å². The molecule has 0 saturated carbocycles. The van der Waals surface area contributed by atoms with Crippen molar-refractivity contribution >= 4 is 17.5 Å². The molecule has 0 radical (unpaired) electrons. The number of hydrogen-bond donors (Lipinski definition) is 2. The monoisotopic (exact) mass is 419 g/mol. The third kappa shape index (κ3) is 6.23. The van der Waals surface area contributed by atoms with E-state index in [1.54, 1.807) is 18.9 Å². The standard InChI is InChI=1S/C25H26FN3O2/c1-18(29(2)17-23(30)27-22-15-13-21(26)14-16-22)25(31)28-24(19-9-5-3-6-10-19)20-11-7-4-8-12-20/h3-16,18,24H,17H2,1-2H3,(H,27,30)(H,28,31)/t18-/m1/s1. The van der Waals surface area contributed by atoms with E-state index in [9.17, 15) is 14.0 Å². The van der Waals surface area contributed by atoms with Gasteiger partial charge in [0.05, 0.1) is 18.6 Å². The quantitative estimate of drug-likeness (QED) is 0.580. The Labute approximate surface area is 181 Å². The summed E-state index contributed by atoms with van der Waals surface area (Å²) in [6.07, 6.45) is 0. The van der Waals surface area contributed by atoms with Gasteiger partial charge in [-0.05, 0) is 49.4 Å². The van der Waals surface area contributed by atoms with Crippen molar-refractivity contribution in [2.45, 2.75) is 19.0 Å². The van der Waals surface area contributed by atoms with Crippen LogP contribution < -0.4 is 10.6 Å². The van der Waals surface area contributed by atoms with Crippen molar-refractivity contribution in [3.05, 3.63) is 102 Å². The maximum absolute atomic E-state index is 13.0. The van der Waals surface area contributed by atoms with Crippen molar-refractivity contribution < 1.29 is 14.0 Å². The predicted molar refractivity (Wildman–Crippen MR) is 120 cm³/mol. The van der Waals surface area contributed by atoms with Crippen LogP contribution in [0, 0.1) is 5.82 Å². The fraction of sp³-hybridized carbons (Fsp3) is 0.200. The molecular formula is C25H26FN3O2. The summed E-state index contributed by atoms with van der Waals surface area (Å²) in [6.45, 7) is 1.78. The van der Waals surface area contributed by atoms with Gasteiger partial charge in [-0.25, -0.2) is 4.39 Å². The van der Waals surface area contributed by atoms with Gasteiger partial charge in [0, 0.05) is 5.69 Å². The molecule has 3 aromatic carbocycles. The Morgan fingerprint density at radius 3 is 1.90 bits per heavy atom. The summed E-state index contributed by atoms with van der Waals surface area (Å²) in [5.74, 6) is -0.835. The number of likely N-dealkylation sites (N-methyl/N-ethyl adjacent to an activating group) is 1. The number of benzene rings is 3. The maximum Gasteiger partial charge on any atom is 0.238 e. The van der Waals surface area contributed by atoms with E-state index in [1.165, 1.54) is 24.3 Å². The fourth-order valence-corrected chi connectivity index (χ4v) is 3.21. The lowest BCUT2D eigenvalue weighted by atomic mass is 9.98. The van der Waals surface area contributed by atoms with E-state index in [2.05, 4.69) is 10.6 Å². The second-order valence-corrected chi connectivity index (χ2v) is 7.41. The molecular weight excluding hydrogens is 393 g/mol. The molecule has 0 unspecified atom stereocenters. The third-order valence-electron chi connectivity index (χ3n) is 5.11. The van der Waals surface area contributed by atoms with Crippen molar-refractivity contribution in [1.29, 1.82) is 0 Å². The third-order valence-corrected chi connectivity index (χ3v) is 5.11. The zero-order chi connectivity index (χ0) is 22.2. The predicted octanol–water partition coefficient (Wildman–Crippen LogP) is 3.99. The molecule has 0 bridgehead atoms. The van der Waals surface area contributed by atoms with E-state index in [0.29, 0.717) is 5.69 Å². The Bertz CT molecular complexity index is 955. The van der Waals surface area contributed by atoms with E-state index in [4.69, 9.17) is 0 Å². The number of rotatable bonds is 8. The van der Waals surface area contributed by atoms with Gasteiger partial charge < -0.3 is 10.6 Å². The van der Waals surface area contributed by atoms with Gasteiger partial charge in [-0.1, -0.05) is 60.7 Å². The molecule has 2 N–H and O–H groups in total. The second-order valence-electron chi connectivity index (χ2n) is 7.41. The molecule has 6 heteroatoms. The molecule has 1 atom stereocenters. The van der Waals surface area contributed by atoms with Gasteiger partial charge in [0.25, 0.3) is 0 Å². The lowest BCUT2D eigenvalue weighted by molar-refractivity contribution is -0.127. The highest BCUT2D eigenvalue weighted by Gasteiger charge is 2.24. The van der Waals surface area contributed by atoms with Gasteiger partial charge in [-0.3, -0.25) is 14.5 Å². The lowest BCUT2D eigenvalue weighted by Gasteiger charge is -2.27. The lowest BCUT2D eigenvalue weighted by Crippen LogP contribution is -2.47. The molecule has 0 aliphatic rings. The summed E-state index contributed by atoms with van der Waals surface area (Å²) in [6, 6.07) is 24.2. The summed E-state index contributed by atoms with van der Waals surface area (Å²) in [5.41, 5.74) is 2.46. The van der Waals surface area contributed by atoms with Crippen molar-refractivity contribution in [2.75, 3.05) is 18.9 Å². The number of hydrogen-bond acceptors (Lipinski definition) is 3. The topological polar surface area (TPSA) is 61.4 Å². The maximum atomic E-state index is 13.0. The van der Waals surface area contributed by atoms with Gasteiger partial charge in [0.1, 0.15) is 5.82 Å².